The van der Waals surface area contributed by atoms with Crippen molar-refractivity contribution in [1.82, 2.24) is 14.9 Å². The molecule has 4 aliphatic rings. The predicted molar refractivity (Wildman–Crippen MR) is 147 cm³/mol. The summed E-state index contributed by atoms with van der Waals surface area (Å²) in [4.78, 5) is 14.9. The molecule has 196 valence electrons. The maximum atomic E-state index is 12.6. The van der Waals surface area contributed by atoms with Crippen LogP contribution in [0.15, 0.2) is 24.3 Å². The van der Waals surface area contributed by atoms with Crippen LogP contribution in [-0.4, -0.2) is 53.3 Å². The molecule has 0 radical (unpaired) electrons. The summed E-state index contributed by atoms with van der Waals surface area (Å²) < 4.78 is 12.6. The van der Waals surface area contributed by atoms with Crippen LogP contribution in [0.25, 0.3) is 0 Å². The van der Waals surface area contributed by atoms with Gasteiger partial charge in [0, 0.05) is 37.7 Å². The summed E-state index contributed by atoms with van der Waals surface area (Å²) in [5.74, 6) is 3.62. The SMILES string of the molecule is CCc1nc(CC2CCc3ccccc32)c(CC)c(N2CCCC(C)C2)n1.FC1CC2CCCN2C1. The van der Waals surface area contributed by atoms with E-state index in [1.54, 1.807) is 5.56 Å². The number of alkyl halides is 1. The highest BCUT2D eigenvalue weighted by molar-refractivity contribution is 5.51. The predicted octanol–water partition coefficient (Wildman–Crippen LogP) is 6.30. The van der Waals surface area contributed by atoms with Gasteiger partial charge in [0.05, 0.1) is 5.69 Å². The third-order valence-electron chi connectivity index (χ3n) is 8.90. The van der Waals surface area contributed by atoms with E-state index in [9.17, 15) is 4.39 Å². The Kier molecular flexibility index (Phi) is 8.25. The second-order valence-electron chi connectivity index (χ2n) is 11.6. The van der Waals surface area contributed by atoms with Gasteiger partial charge in [-0.2, -0.15) is 0 Å². The van der Waals surface area contributed by atoms with Crippen LogP contribution in [0.1, 0.15) is 93.4 Å². The number of benzene rings is 1. The van der Waals surface area contributed by atoms with Gasteiger partial charge in [0.2, 0.25) is 0 Å². The summed E-state index contributed by atoms with van der Waals surface area (Å²) in [5, 5.41) is 0. The van der Waals surface area contributed by atoms with E-state index in [0.717, 1.165) is 57.1 Å². The molecule has 5 heteroatoms. The Bertz CT molecular complexity index is 1010. The van der Waals surface area contributed by atoms with Crippen molar-refractivity contribution in [3.8, 4) is 0 Å². The largest absolute Gasteiger partial charge is 0.356 e. The highest BCUT2D eigenvalue weighted by Gasteiger charge is 2.34. The number of aryl methyl sites for hydroxylation is 2. The van der Waals surface area contributed by atoms with Crippen molar-refractivity contribution in [1.29, 1.82) is 0 Å². The van der Waals surface area contributed by atoms with Gasteiger partial charge >= 0.3 is 0 Å². The van der Waals surface area contributed by atoms with E-state index < -0.39 is 6.17 Å². The number of hydrogen-bond donors (Lipinski definition) is 0. The molecule has 3 aliphatic heterocycles. The van der Waals surface area contributed by atoms with Crippen molar-refractivity contribution >= 4 is 5.82 Å². The van der Waals surface area contributed by atoms with Gasteiger partial charge in [0.25, 0.3) is 0 Å². The Balaban J connectivity index is 0.000000247. The van der Waals surface area contributed by atoms with E-state index in [1.807, 2.05) is 0 Å². The van der Waals surface area contributed by atoms with Crippen molar-refractivity contribution < 1.29 is 4.39 Å². The summed E-state index contributed by atoms with van der Waals surface area (Å²) in [7, 11) is 0. The lowest BCUT2D eigenvalue weighted by Gasteiger charge is -2.34. The van der Waals surface area contributed by atoms with Crippen molar-refractivity contribution in [3.05, 3.63) is 52.5 Å². The maximum Gasteiger partial charge on any atom is 0.135 e. The minimum absolute atomic E-state index is 0.518. The van der Waals surface area contributed by atoms with Crippen molar-refractivity contribution in [2.45, 2.75) is 103 Å². The molecule has 4 heterocycles. The fourth-order valence-corrected chi connectivity index (χ4v) is 7.02. The number of hydrogen-bond acceptors (Lipinski definition) is 4. The number of aromatic nitrogens is 2. The number of halogens is 1. The van der Waals surface area contributed by atoms with Crippen LogP contribution >= 0.6 is 0 Å². The molecule has 4 atom stereocenters. The van der Waals surface area contributed by atoms with Gasteiger partial charge in [0.1, 0.15) is 17.8 Å². The van der Waals surface area contributed by atoms with E-state index >= 15 is 0 Å². The molecule has 0 saturated carbocycles. The molecular weight excluding hydrogens is 447 g/mol. The molecule has 3 saturated heterocycles. The quantitative estimate of drug-likeness (QED) is 0.490. The van der Waals surface area contributed by atoms with Crippen molar-refractivity contribution in [3.63, 3.8) is 0 Å². The molecule has 1 aromatic carbocycles. The minimum Gasteiger partial charge on any atom is -0.356 e. The highest BCUT2D eigenvalue weighted by Crippen LogP contribution is 2.37. The molecule has 36 heavy (non-hydrogen) atoms. The van der Waals surface area contributed by atoms with Crippen LogP contribution in [0.2, 0.25) is 0 Å². The van der Waals surface area contributed by atoms with E-state index in [0.29, 0.717) is 18.5 Å². The summed E-state index contributed by atoms with van der Waals surface area (Å²) in [6.45, 7) is 11.0. The van der Waals surface area contributed by atoms with Crippen LogP contribution in [0.5, 0.6) is 0 Å². The molecule has 4 nitrogen and oxygen atoms in total. The normalized spacial score (nSPS) is 27.5. The highest BCUT2D eigenvalue weighted by atomic mass is 19.1. The topological polar surface area (TPSA) is 32.3 Å². The van der Waals surface area contributed by atoms with Crippen molar-refractivity contribution in [2.24, 2.45) is 5.92 Å². The van der Waals surface area contributed by atoms with Gasteiger partial charge in [-0.1, -0.05) is 45.0 Å². The summed E-state index contributed by atoms with van der Waals surface area (Å²) in [6, 6.07) is 9.60. The maximum absolute atomic E-state index is 12.6. The molecule has 1 aromatic heterocycles. The molecule has 1 aliphatic carbocycles. The number of rotatable bonds is 5. The zero-order valence-corrected chi connectivity index (χ0v) is 22.7. The third-order valence-corrected chi connectivity index (χ3v) is 8.90. The zero-order chi connectivity index (χ0) is 25.1. The van der Waals surface area contributed by atoms with Gasteiger partial charge < -0.3 is 4.90 Å². The second kappa shape index (κ2) is 11.6. The molecule has 0 bridgehead atoms. The van der Waals surface area contributed by atoms with E-state index in [4.69, 9.17) is 9.97 Å². The Morgan fingerprint density at radius 2 is 1.81 bits per heavy atom. The molecule has 0 spiro atoms. The standard InChI is InChI=1S/C24H33N3.C7H12FN/c1-4-20-22(15-19-13-12-18-10-6-7-11-21(18)19)25-23(5-2)26-24(20)27-14-8-9-17(3)16-27;8-6-4-7-2-1-3-9(7)5-6/h6-7,10-11,17,19H,4-5,8-9,12-16H2,1-3H3;6-7H,1-5H2. The third kappa shape index (κ3) is 5.61. The number of piperidine rings is 1. The number of fused-ring (bicyclic) bond motifs is 2. The molecule has 0 N–H and O–H groups in total. The van der Waals surface area contributed by atoms with Gasteiger partial charge in [0.15, 0.2) is 0 Å². The zero-order valence-electron chi connectivity index (χ0n) is 22.7. The summed E-state index contributed by atoms with van der Waals surface area (Å²) in [6.07, 6.45) is 10.9. The van der Waals surface area contributed by atoms with Gasteiger partial charge in [-0.05, 0) is 87.3 Å². The van der Waals surface area contributed by atoms with Crippen LogP contribution < -0.4 is 4.90 Å². The minimum atomic E-state index is -0.518. The molecule has 2 aromatic rings. The Labute approximate surface area is 217 Å². The van der Waals surface area contributed by atoms with E-state index in [-0.39, 0.29) is 0 Å². The lowest BCUT2D eigenvalue weighted by molar-refractivity contribution is 0.292. The van der Waals surface area contributed by atoms with E-state index in [2.05, 4.69) is 54.8 Å². The first-order valence-electron chi connectivity index (χ1n) is 14.6. The fourth-order valence-electron chi connectivity index (χ4n) is 7.02. The van der Waals surface area contributed by atoms with Crippen molar-refractivity contribution in [2.75, 3.05) is 31.1 Å². The first kappa shape index (κ1) is 25.6. The molecule has 6 rings (SSSR count). The second-order valence-corrected chi connectivity index (χ2v) is 11.6. The van der Waals surface area contributed by atoms with Crippen LogP contribution in [0.4, 0.5) is 10.2 Å². The van der Waals surface area contributed by atoms with Crippen LogP contribution in [-0.2, 0) is 25.7 Å². The van der Waals surface area contributed by atoms with Gasteiger partial charge in [-0.15, -0.1) is 0 Å². The van der Waals surface area contributed by atoms with Crippen LogP contribution in [0.3, 0.4) is 0 Å². The van der Waals surface area contributed by atoms with E-state index in [1.165, 1.54) is 61.2 Å². The monoisotopic (exact) mass is 492 g/mol. The number of nitrogens with zero attached hydrogens (tertiary/aromatic N) is 4. The lowest BCUT2D eigenvalue weighted by Crippen LogP contribution is -2.36. The van der Waals surface area contributed by atoms with Crippen LogP contribution in [0, 0.1) is 5.92 Å². The Hall–Kier alpha value is -2.01. The first-order chi connectivity index (χ1) is 17.6. The molecule has 0 amide bonds. The Morgan fingerprint density at radius 1 is 0.972 bits per heavy atom. The molecule has 3 fully saturated rings. The smallest absolute Gasteiger partial charge is 0.135 e. The fraction of sp³-hybridized carbons (Fsp3) is 0.677. The first-order valence-corrected chi connectivity index (χ1v) is 14.6. The van der Waals surface area contributed by atoms with Gasteiger partial charge in [-0.3, -0.25) is 4.90 Å². The average molecular weight is 493 g/mol. The molecular formula is C31H45FN4. The summed E-state index contributed by atoms with van der Waals surface area (Å²) in [5.41, 5.74) is 5.78. The number of anilines is 1. The average Bonchev–Trinajstić information content (AvgIpc) is 3.59. The molecule has 4 unspecified atom stereocenters. The Morgan fingerprint density at radius 3 is 2.58 bits per heavy atom. The van der Waals surface area contributed by atoms with Gasteiger partial charge in [-0.25, -0.2) is 14.4 Å². The summed E-state index contributed by atoms with van der Waals surface area (Å²) >= 11 is 0. The lowest BCUT2D eigenvalue weighted by atomic mass is 9.93.